The molecule has 2 N–H and O–H groups in total. The number of anilines is 1. The fourth-order valence-electron chi connectivity index (χ4n) is 2.31. The summed E-state index contributed by atoms with van der Waals surface area (Å²) in [5, 5.41) is 6.66. The van der Waals surface area contributed by atoms with Crippen molar-refractivity contribution in [2.24, 2.45) is 0 Å². The van der Waals surface area contributed by atoms with E-state index < -0.39 is 0 Å². The second-order valence-electron chi connectivity index (χ2n) is 4.62. The zero-order chi connectivity index (χ0) is 13.8. The number of rotatable bonds is 4. The first-order valence-electron chi connectivity index (χ1n) is 6.71. The van der Waals surface area contributed by atoms with Gasteiger partial charge in [0.2, 0.25) is 5.88 Å². The Labute approximate surface area is 117 Å². The van der Waals surface area contributed by atoms with Gasteiger partial charge in [0.15, 0.2) is 0 Å². The Balaban J connectivity index is 1.70. The number of hydrogen-bond donors (Lipinski definition) is 2. The van der Waals surface area contributed by atoms with Crippen LogP contribution in [0.15, 0.2) is 18.6 Å². The molecule has 7 nitrogen and oxygen atoms in total. The van der Waals surface area contributed by atoms with Gasteiger partial charge in [0.1, 0.15) is 18.0 Å². The average molecular weight is 274 g/mol. The number of nitrogens with zero attached hydrogens (tertiary/aromatic N) is 4. The molecule has 1 aliphatic rings. The Bertz CT molecular complexity index is 582. The SMILES string of the molecule is COc1cc(NCc2cnc3n2CCNCC3)ncn1. The first kappa shape index (κ1) is 12.9. The molecule has 0 spiro atoms. The molecular weight excluding hydrogens is 256 g/mol. The molecule has 20 heavy (non-hydrogen) atoms. The van der Waals surface area contributed by atoms with Crippen LogP contribution in [0.5, 0.6) is 5.88 Å². The number of imidazole rings is 1. The van der Waals surface area contributed by atoms with E-state index in [1.807, 2.05) is 6.20 Å². The topological polar surface area (TPSA) is 76.9 Å². The van der Waals surface area contributed by atoms with Crippen LogP contribution in [0.3, 0.4) is 0 Å². The van der Waals surface area contributed by atoms with Gasteiger partial charge in [-0.05, 0) is 0 Å². The number of ether oxygens (including phenoxy) is 1. The van der Waals surface area contributed by atoms with Gasteiger partial charge in [-0.3, -0.25) is 0 Å². The van der Waals surface area contributed by atoms with Gasteiger partial charge in [0.05, 0.1) is 25.5 Å². The van der Waals surface area contributed by atoms with Crippen molar-refractivity contribution < 1.29 is 4.74 Å². The van der Waals surface area contributed by atoms with Crippen molar-refractivity contribution in [3.63, 3.8) is 0 Å². The molecule has 106 valence electrons. The van der Waals surface area contributed by atoms with Crippen LogP contribution in [0.4, 0.5) is 5.82 Å². The van der Waals surface area contributed by atoms with Crippen molar-refractivity contribution >= 4 is 5.82 Å². The second kappa shape index (κ2) is 5.87. The van der Waals surface area contributed by atoms with Gasteiger partial charge in [0.25, 0.3) is 0 Å². The van der Waals surface area contributed by atoms with Gasteiger partial charge in [-0.15, -0.1) is 0 Å². The van der Waals surface area contributed by atoms with Crippen molar-refractivity contribution in [1.82, 2.24) is 24.8 Å². The lowest BCUT2D eigenvalue weighted by Gasteiger charge is -2.10. The summed E-state index contributed by atoms with van der Waals surface area (Å²) in [7, 11) is 1.59. The van der Waals surface area contributed by atoms with Crippen LogP contribution in [-0.2, 0) is 19.5 Å². The van der Waals surface area contributed by atoms with Crippen molar-refractivity contribution in [1.29, 1.82) is 0 Å². The highest BCUT2D eigenvalue weighted by atomic mass is 16.5. The molecule has 0 fully saturated rings. The van der Waals surface area contributed by atoms with Crippen molar-refractivity contribution in [3.8, 4) is 5.88 Å². The molecule has 0 bridgehead atoms. The molecule has 1 aliphatic heterocycles. The lowest BCUT2D eigenvalue weighted by atomic mass is 10.4. The average Bonchev–Trinajstić information content (AvgIpc) is 2.72. The van der Waals surface area contributed by atoms with E-state index in [0.29, 0.717) is 12.4 Å². The third-order valence-electron chi connectivity index (χ3n) is 3.36. The molecule has 7 heteroatoms. The van der Waals surface area contributed by atoms with E-state index >= 15 is 0 Å². The molecule has 3 heterocycles. The van der Waals surface area contributed by atoms with E-state index in [1.54, 1.807) is 13.2 Å². The van der Waals surface area contributed by atoms with E-state index in [0.717, 1.165) is 37.7 Å². The fraction of sp³-hybridized carbons (Fsp3) is 0.462. The van der Waals surface area contributed by atoms with E-state index in [2.05, 4.69) is 30.2 Å². The molecule has 0 saturated carbocycles. The summed E-state index contributed by atoms with van der Waals surface area (Å²) >= 11 is 0. The molecule has 2 aromatic heterocycles. The second-order valence-corrected chi connectivity index (χ2v) is 4.62. The van der Waals surface area contributed by atoms with E-state index in [4.69, 9.17) is 4.74 Å². The molecule has 2 aromatic rings. The Hall–Kier alpha value is -2.15. The van der Waals surface area contributed by atoms with E-state index in [-0.39, 0.29) is 0 Å². The number of aromatic nitrogens is 4. The van der Waals surface area contributed by atoms with Crippen LogP contribution in [0.25, 0.3) is 0 Å². The van der Waals surface area contributed by atoms with Gasteiger partial charge >= 0.3 is 0 Å². The third-order valence-corrected chi connectivity index (χ3v) is 3.36. The molecular formula is C13H18N6O. The maximum absolute atomic E-state index is 5.08. The molecule has 0 amide bonds. The zero-order valence-corrected chi connectivity index (χ0v) is 11.5. The van der Waals surface area contributed by atoms with Crippen LogP contribution in [0.2, 0.25) is 0 Å². The number of nitrogens with one attached hydrogen (secondary N) is 2. The van der Waals surface area contributed by atoms with Crippen LogP contribution in [0, 0.1) is 0 Å². The first-order chi connectivity index (χ1) is 9.86. The third kappa shape index (κ3) is 2.72. The molecule has 0 unspecified atom stereocenters. The summed E-state index contributed by atoms with van der Waals surface area (Å²) < 4.78 is 7.35. The predicted molar refractivity (Wildman–Crippen MR) is 74.7 cm³/mol. The largest absolute Gasteiger partial charge is 0.481 e. The Morgan fingerprint density at radius 1 is 1.35 bits per heavy atom. The maximum atomic E-state index is 5.08. The first-order valence-corrected chi connectivity index (χ1v) is 6.71. The molecule has 3 rings (SSSR count). The summed E-state index contributed by atoms with van der Waals surface area (Å²) in [5.74, 6) is 2.45. The monoisotopic (exact) mass is 274 g/mol. The van der Waals surface area contributed by atoms with Crippen LogP contribution < -0.4 is 15.4 Å². The van der Waals surface area contributed by atoms with Gasteiger partial charge in [-0.1, -0.05) is 0 Å². The molecule has 0 aromatic carbocycles. The summed E-state index contributed by atoms with van der Waals surface area (Å²) in [6, 6.07) is 1.78. The zero-order valence-electron chi connectivity index (χ0n) is 11.5. The fourth-order valence-corrected chi connectivity index (χ4v) is 2.31. The summed E-state index contributed by atoms with van der Waals surface area (Å²) in [6.45, 7) is 3.62. The summed E-state index contributed by atoms with van der Waals surface area (Å²) in [6.07, 6.45) is 4.40. The van der Waals surface area contributed by atoms with Crippen LogP contribution in [-0.4, -0.2) is 39.7 Å². The van der Waals surface area contributed by atoms with Crippen LogP contribution >= 0.6 is 0 Å². The molecule has 0 atom stereocenters. The van der Waals surface area contributed by atoms with Gasteiger partial charge in [-0.2, -0.15) is 0 Å². The molecule has 0 radical (unpaired) electrons. The highest BCUT2D eigenvalue weighted by Gasteiger charge is 2.12. The molecule has 0 aliphatic carbocycles. The number of fused-ring (bicyclic) bond motifs is 1. The van der Waals surface area contributed by atoms with Crippen molar-refractivity contribution in [2.45, 2.75) is 19.5 Å². The predicted octanol–water partition coefficient (Wildman–Crippen LogP) is 0.439. The quantitative estimate of drug-likeness (QED) is 0.842. The maximum Gasteiger partial charge on any atom is 0.218 e. The lowest BCUT2D eigenvalue weighted by molar-refractivity contribution is 0.397. The minimum absolute atomic E-state index is 0.554. The Kier molecular flexibility index (Phi) is 3.78. The standard InChI is InChI=1S/C13H18N6O/c1-20-13-6-11(17-9-18-13)15-7-10-8-16-12-2-3-14-4-5-19(10)12/h6,8-9,14H,2-5,7H2,1H3,(H,15,17,18). The Morgan fingerprint density at radius 2 is 2.30 bits per heavy atom. The van der Waals surface area contributed by atoms with E-state index in [1.165, 1.54) is 12.0 Å². The van der Waals surface area contributed by atoms with Gasteiger partial charge < -0.3 is 19.9 Å². The Morgan fingerprint density at radius 3 is 3.20 bits per heavy atom. The highest BCUT2D eigenvalue weighted by molar-refractivity contribution is 5.37. The molecule has 0 saturated heterocycles. The smallest absolute Gasteiger partial charge is 0.218 e. The van der Waals surface area contributed by atoms with Gasteiger partial charge in [0, 0.05) is 32.1 Å². The normalized spacial score (nSPS) is 14.4. The van der Waals surface area contributed by atoms with Crippen molar-refractivity contribution in [2.75, 3.05) is 25.5 Å². The summed E-state index contributed by atoms with van der Waals surface area (Å²) in [5.41, 5.74) is 1.17. The van der Waals surface area contributed by atoms with Crippen LogP contribution in [0.1, 0.15) is 11.5 Å². The number of methoxy groups -OCH3 is 1. The minimum Gasteiger partial charge on any atom is -0.481 e. The van der Waals surface area contributed by atoms with Gasteiger partial charge in [-0.25, -0.2) is 15.0 Å². The number of hydrogen-bond acceptors (Lipinski definition) is 6. The minimum atomic E-state index is 0.554. The summed E-state index contributed by atoms with van der Waals surface area (Å²) in [4.78, 5) is 12.6. The van der Waals surface area contributed by atoms with E-state index in [9.17, 15) is 0 Å². The highest BCUT2D eigenvalue weighted by Crippen LogP contribution is 2.13. The lowest BCUT2D eigenvalue weighted by Crippen LogP contribution is -2.18. The van der Waals surface area contributed by atoms with Crippen molar-refractivity contribution in [3.05, 3.63) is 30.1 Å².